The van der Waals surface area contributed by atoms with E-state index in [0.29, 0.717) is 6.04 Å². The Morgan fingerprint density at radius 2 is 2.08 bits per heavy atom. The Hall–Kier alpha value is -1.12. The highest BCUT2D eigenvalue weighted by molar-refractivity contribution is 5.45. The van der Waals surface area contributed by atoms with Crippen LogP contribution in [0.25, 0.3) is 0 Å². The summed E-state index contributed by atoms with van der Waals surface area (Å²) in [6.45, 7) is 4.08. The average molecular weight is 177 g/mol. The summed E-state index contributed by atoms with van der Waals surface area (Å²) < 4.78 is 0. The van der Waals surface area contributed by atoms with Crippen LogP contribution < -0.4 is 5.32 Å². The molecule has 0 radical (unpaired) electrons. The van der Waals surface area contributed by atoms with E-state index in [1.54, 1.807) is 6.33 Å². The van der Waals surface area contributed by atoms with E-state index in [2.05, 4.69) is 22.2 Å². The highest BCUT2D eigenvalue weighted by Crippen LogP contribution is 2.23. The molecule has 0 aromatic carbocycles. The fourth-order valence-electron chi connectivity index (χ4n) is 1.43. The second-order valence-corrected chi connectivity index (χ2v) is 3.70. The maximum atomic E-state index is 4.24. The Kier molecular flexibility index (Phi) is 2.17. The maximum Gasteiger partial charge on any atom is 0.132 e. The van der Waals surface area contributed by atoms with Gasteiger partial charge in [0.15, 0.2) is 0 Å². The minimum Gasteiger partial charge on any atom is -0.367 e. The molecule has 0 saturated heterocycles. The Balaban J connectivity index is 2.14. The van der Waals surface area contributed by atoms with E-state index in [-0.39, 0.29) is 0 Å². The molecular formula is C10H15N3. The summed E-state index contributed by atoms with van der Waals surface area (Å²) in [7, 11) is 0. The molecule has 0 atom stereocenters. The normalized spacial score (nSPS) is 16.8. The monoisotopic (exact) mass is 177 g/mol. The molecule has 1 aromatic heterocycles. The zero-order valence-electron chi connectivity index (χ0n) is 8.17. The fraction of sp³-hybridized carbons (Fsp3) is 0.600. The number of anilines is 1. The highest BCUT2D eigenvalue weighted by Gasteiger charge is 2.18. The van der Waals surface area contributed by atoms with Crippen molar-refractivity contribution in [1.82, 2.24) is 9.97 Å². The number of hydrogen-bond donors (Lipinski definition) is 1. The van der Waals surface area contributed by atoms with Crippen LogP contribution in [0.3, 0.4) is 0 Å². The van der Waals surface area contributed by atoms with E-state index in [4.69, 9.17) is 0 Å². The molecule has 13 heavy (non-hydrogen) atoms. The Morgan fingerprint density at radius 3 is 2.69 bits per heavy atom. The number of nitrogens with zero attached hydrogens (tertiary/aromatic N) is 2. The van der Waals surface area contributed by atoms with Crippen molar-refractivity contribution >= 4 is 5.82 Å². The van der Waals surface area contributed by atoms with Crippen LogP contribution in [0.2, 0.25) is 0 Å². The summed E-state index contributed by atoms with van der Waals surface area (Å²) in [4.78, 5) is 8.38. The Bertz CT molecular complexity index is 305. The topological polar surface area (TPSA) is 37.8 Å². The van der Waals surface area contributed by atoms with Crippen molar-refractivity contribution in [3.05, 3.63) is 17.6 Å². The summed E-state index contributed by atoms with van der Waals surface area (Å²) in [5.41, 5.74) is 2.24. The van der Waals surface area contributed by atoms with E-state index in [9.17, 15) is 0 Å². The molecule has 1 fully saturated rings. The third-order valence-corrected chi connectivity index (χ3v) is 2.78. The van der Waals surface area contributed by atoms with Crippen molar-refractivity contribution in [2.75, 3.05) is 5.32 Å². The van der Waals surface area contributed by atoms with Crippen molar-refractivity contribution < 1.29 is 0 Å². The summed E-state index contributed by atoms with van der Waals surface area (Å²) in [6.07, 6.45) is 5.54. The third-order valence-electron chi connectivity index (χ3n) is 2.78. The van der Waals surface area contributed by atoms with Crippen molar-refractivity contribution in [2.45, 2.75) is 39.2 Å². The molecule has 3 nitrogen and oxygen atoms in total. The lowest BCUT2D eigenvalue weighted by atomic mass is 9.93. The first kappa shape index (κ1) is 8.48. The van der Waals surface area contributed by atoms with Gasteiger partial charge in [-0.3, -0.25) is 0 Å². The van der Waals surface area contributed by atoms with Crippen molar-refractivity contribution in [3.8, 4) is 0 Å². The van der Waals surface area contributed by atoms with Gasteiger partial charge >= 0.3 is 0 Å². The van der Waals surface area contributed by atoms with Gasteiger partial charge in [0.25, 0.3) is 0 Å². The van der Waals surface area contributed by atoms with Gasteiger partial charge in [-0.05, 0) is 33.1 Å². The molecule has 1 saturated carbocycles. The lowest BCUT2D eigenvalue weighted by Crippen LogP contribution is -2.28. The van der Waals surface area contributed by atoms with Crippen LogP contribution in [0, 0.1) is 13.8 Å². The molecule has 70 valence electrons. The van der Waals surface area contributed by atoms with E-state index in [1.165, 1.54) is 24.8 Å². The van der Waals surface area contributed by atoms with Gasteiger partial charge < -0.3 is 5.32 Å². The SMILES string of the molecule is Cc1ncnc(NC2CCC2)c1C. The largest absolute Gasteiger partial charge is 0.367 e. The van der Waals surface area contributed by atoms with E-state index >= 15 is 0 Å². The number of hydrogen-bond acceptors (Lipinski definition) is 3. The maximum absolute atomic E-state index is 4.24. The predicted molar refractivity (Wildman–Crippen MR) is 52.8 cm³/mol. The first-order chi connectivity index (χ1) is 6.27. The average Bonchev–Trinajstić information content (AvgIpc) is 2.04. The fourth-order valence-corrected chi connectivity index (χ4v) is 1.43. The van der Waals surface area contributed by atoms with E-state index in [1.807, 2.05) is 6.92 Å². The van der Waals surface area contributed by atoms with Crippen LogP contribution in [-0.2, 0) is 0 Å². The van der Waals surface area contributed by atoms with Gasteiger partial charge in [0, 0.05) is 17.3 Å². The van der Waals surface area contributed by atoms with Crippen LogP contribution in [0.4, 0.5) is 5.82 Å². The van der Waals surface area contributed by atoms with E-state index < -0.39 is 0 Å². The standard InChI is InChI=1S/C10H15N3/c1-7-8(2)11-6-12-10(7)13-9-4-3-5-9/h6,9H,3-5H2,1-2H3,(H,11,12,13). The molecule has 0 aliphatic heterocycles. The first-order valence-corrected chi connectivity index (χ1v) is 4.82. The van der Waals surface area contributed by atoms with Gasteiger partial charge in [-0.1, -0.05) is 0 Å². The molecular weight excluding hydrogens is 162 g/mol. The van der Waals surface area contributed by atoms with Gasteiger partial charge in [0.05, 0.1) is 0 Å². The highest BCUT2D eigenvalue weighted by atomic mass is 15.0. The number of nitrogens with one attached hydrogen (secondary N) is 1. The zero-order chi connectivity index (χ0) is 9.26. The summed E-state index contributed by atoms with van der Waals surface area (Å²) in [5.74, 6) is 1.01. The molecule has 0 spiro atoms. The summed E-state index contributed by atoms with van der Waals surface area (Å²) in [5, 5.41) is 3.44. The van der Waals surface area contributed by atoms with Gasteiger partial charge in [-0.2, -0.15) is 0 Å². The summed E-state index contributed by atoms with van der Waals surface area (Å²) in [6, 6.07) is 0.646. The molecule has 1 heterocycles. The minimum absolute atomic E-state index is 0.646. The second-order valence-electron chi connectivity index (χ2n) is 3.70. The molecule has 0 amide bonds. The van der Waals surface area contributed by atoms with Crippen LogP contribution in [-0.4, -0.2) is 16.0 Å². The Labute approximate surface area is 78.6 Å². The Morgan fingerprint density at radius 1 is 1.31 bits per heavy atom. The van der Waals surface area contributed by atoms with Crippen molar-refractivity contribution in [3.63, 3.8) is 0 Å². The van der Waals surface area contributed by atoms with Gasteiger partial charge in [0.1, 0.15) is 12.1 Å². The van der Waals surface area contributed by atoms with Crippen LogP contribution in [0.1, 0.15) is 30.5 Å². The molecule has 1 aliphatic rings. The van der Waals surface area contributed by atoms with Crippen LogP contribution in [0.5, 0.6) is 0 Å². The summed E-state index contributed by atoms with van der Waals surface area (Å²) >= 11 is 0. The van der Waals surface area contributed by atoms with Crippen molar-refractivity contribution in [2.24, 2.45) is 0 Å². The lowest BCUT2D eigenvalue weighted by molar-refractivity contribution is 0.444. The molecule has 1 aliphatic carbocycles. The van der Waals surface area contributed by atoms with Gasteiger partial charge in [-0.25, -0.2) is 9.97 Å². The smallest absolute Gasteiger partial charge is 0.132 e. The zero-order valence-corrected chi connectivity index (χ0v) is 8.17. The third kappa shape index (κ3) is 1.64. The second kappa shape index (κ2) is 3.32. The quantitative estimate of drug-likeness (QED) is 0.751. The lowest BCUT2D eigenvalue weighted by Gasteiger charge is -2.27. The predicted octanol–water partition coefficient (Wildman–Crippen LogP) is 2.06. The molecule has 1 N–H and O–H groups in total. The van der Waals surface area contributed by atoms with Crippen molar-refractivity contribution in [1.29, 1.82) is 0 Å². The molecule has 0 bridgehead atoms. The van der Waals surface area contributed by atoms with Crippen LogP contribution >= 0.6 is 0 Å². The number of rotatable bonds is 2. The number of aryl methyl sites for hydroxylation is 1. The van der Waals surface area contributed by atoms with E-state index in [0.717, 1.165) is 11.5 Å². The molecule has 2 rings (SSSR count). The molecule has 0 unspecified atom stereocenters. The van der Waals surface area contributed by atoms with Gasteiger partial charge in [-0.15, -0.1) is 0 Å². The van der Waals surface area contributed by atoms with Crippen LogP contribution in [0.15, 0.2) is 6.33 Å². The first-order valence-electron chi connectivity index (χ1n) is 4.82. The van der Waals surface area contributed by atoms with Gasteiger partial charge in [0.2, 0.25) is 0 Å². The minimum atomic E-state index is 0.646. The molecule has 1 aromatic rings. The molecule has 3 heteroatoms. The number of aromatic nitrogens is 2.